The van der Waals surface area contributed by atoms with Crippen molar-refractivity contribution >= 4 is 44.8 Å². The highest BCUT2D eigenvalue weighted by Crippen LogP contribution is 2.30. The molecule has 0 spiro atoms. The maximum absolute atomic E-state index is 13.4. The van der Waals surface area contributed by atoms with E-state index in [0.29, 0.717) is 21.3 Å². The average Bonchev–Trinajstić information content (AvgIpc) is 2.74. The van der Waals surface area contributed by atoms with Crippen molar-refractivity contribution in [3.8, 4) is 0 Å². The Morgan fingerprint density at radius 2 is 1.58 bits per heavy atom. The minimum absolute atomic E-state index is 0.1000. The Morgan fingerprint density at radius 3 is 2.23 bits per heavy atom. The van der Waals surface area contributed by atoms with Crippen LogP contribution in [0.1, 0.15) is 16.7 Å². The van der Waals surface area contributed by atoms with Crippen LogP contribution in [0.15, 0.2) is 71.6 Å². The molecule has 0 fully saturated rings. The molecular weight excluding hydrogens is 455 g/mol. The summed E-state index contributed by atoms with van der Waals surface area (Å²) in [6.07, 6.45) is 0. The van der Waals surface area contributed by atoms with Crippen molar-refractivity contribution in [2.24, 2.45) is 0 Å². The van der Waals surface area contributed by atoms with Crippen molar-refractivity contribution in [1.82, 2.24) is 5.32 Å². The summed E-state index contributed by atoms with van der Waals surface area (Å²) in [7, 11) is -4.00. The largest absolute Gasteiger partial charge is 0.350 e. The van der Waals surface area contributed by atoms with Crippen molar-refractivity contribution in [2.75, 3.05) is 10.8 Å². The van der Waals surface area contributed by atoms with E-state index in [0.717, 1.165) is 15.4 Å². The lowest BCUT2D eigenvalue weighted by Gasteiger charge is -2.26. The van der Waals surface area contributed by atoms with Gasteiger partial charge in [-0.1, -0.05) is 59.1 Å². The van der Waals surface area contributed by atoms with E-state index in [1.54, 1.807) is 61.5 Å². The molecule has 0 radical (unpaired) electrons. The molecule has 0 atom stereocenters. The van der Waals surface area contributed by atoms with Gasteiger partial charge in [0.2, 0.25) is 5.91 Å². The zero-order valence-corrected chi connectivity index (χ0v) is 19.4. The summed E-state index contributed by atoms with van der Waals surface area (Å²) in [5.41, 5.74) is 2.72. The fraction of sp³-hybridized carbons (Fsp3) is 0.174. The van der Waals surface area contributed by atoms with Crippen molar-refractivity contribution in [3.63, 3.8) is 0 Å². The predicted octanol–water partition coefficient (Wildman–Crippen LogP) is 5.12. The van der Waals surface area contributed by atoms with Crippen LogP contribution in [0.3, 0.4) is 0 Å². The number of hydrogen-bond acceptors (Lipinski definition) is 3. The van der Waals surface area contributed by atoms with E-state index in [-0.39, 0.29) is 18.0 Å². The van der Waals surface area contributed by atoms with Gasteiger partial charge in [0.25, 0.3) is 10.0 Å². The number of carbonyl (C=O) groups is 1. The molecule has 0 heterocycles. The van der Waals surface area contributed by atoms with Gasteiger partial charge >= 0.3 is 0 Å². The Hall–Kier alpha value is -2.54. The zero-order valence-electron chi connectivity index (χ0n) is 17.1. The standard InChI is InChI=1S/C23H22Cl2N2O3S/c1-16-6-12-20(13-7-16)31(29,30)27(22-5-3-4-21(25)17(22)2)15-23(28)26-14-18-8-10-19(24)11-9-18/h3-13H,14-15H2,1-2H3,(H,26,28). The van der Waals surface area contributed by atoms with E-state index >= 15 is 0 Å². The smallest absolute Gasteiger partial charge is 0.264 e. The summed E-state index contributed by atoms with van der Waals surface area (Å²) in [5.74, 6) is -0.440. The fourth-order valence-corrected chi connectivity index (χ4v) is 4.77. The lowest BCUT2D eigenvalue weighted by Crippen LogP contribution is -2.41. The van der Waals surface area contributed by atoms with Crippen LogP contribution in [0.4, 0.5) is 5.69 Å². The van der Waals surface area contributed by atoms with Gasteiger partial charge in [-0.15, -0.1) is 0 Å². The molecule has 1 amide bonds. The highest BCUT2D eigenvalue weighted by molar-refractivity contribution is 7.92. The first-order valence-corrected chi connectivity index (χ1v) is 11.7. The molecule has 0 aliphatic carbocycles. The van der Waals surface area contributed by atoms with Crippen molar-refractivity contribution < 1.29 is 13.2 Å². The maximum atomic E-state index is 13.4. The average molecular weight is 477 g/mol. The van der Waals surface area contributed by atoms with Crippen molar-refractivity contribution in [3.05, 3.63) is 93.5 Å². The number of nitrogens with zero attached hydrogens (tertiary/aromatic N) is 1. The summed E-state index contributed by atoms with van der Waals surface area (Å²) in [6.45, 7) is 3.47. The number of carbonyl (C=O) groups excluding carboxylic acids is 1. The van der Waals surface area contributed by atoms with Gasteiger partial charge < -0.3 is 5.32 Å². The van der Waals surface area contributed by atoms with Crippen LogP contribution in [-0.4, -0.2) is 20.9 Å². The van der Waals surface area contributed by atoms with E-state index < -0.39 is 15.9 Å². The fourth-order valence-electron chi connectivity index (χ4n) is 2.99. The third-order valence-corrected chi connectivity index (χ3v) is 7.24. The van der Waals surface area contributed by atoms with Gasteiger partial charge in [0, 0.05) is 16.6 Å². The molecule has 0 saturated heterocycles. The number of hydrogen-bond donors (Lipinski definition) is 1. The molecular formula is C23H22Cl2N2O3S. The second-order valence-corrected chi connectivity index (χ2v) is 9.82. The van der Waals surface area contributed by atoms with Crippen LogP contribution in [0.5, 0.6) is 0 Å². The topological polar surface area (TPSA) is 66.5 Å². The van der Waals surface area contributed by atoms with Gasteiger partial charge in [0.15, 0.2) is 0 Å². The summed E-state index contributed by atoms with van der Waals surface area (Å²) >= 11 is 12.1. The quantitative estimate of drug-likeness (QED) is 0.514. The molecule has 31 heavy (non-hydrogen) atoms. The van der Waals surface area contributed by atoms with Gasteiger partial charge in [0.1, 0.15) is 6.54 Å². The summed E-state index contributed by atoms with van der Waals surface area (Å²) in [4.78, 5) is 12.8. The molecule has 1 N–H and O–H groups in total. The first-order chi connectivity index (χ1) is 14.7. The number of amides is 1. The Balaban J connectivity index is 1.90. The minimum Gasteiger partial charge on any atom is -0.350 e. The highest BCUT2D eigenvalue weighted by Gasteiger charge is 2.28. The molecule has 0 bridgehead atoms. The summed E-state index contributed by atoms with van der Waals surface area (Å²) in [5, 5.41) is 3.78. The molecule has 162 valence electrons. The first kappa shape index (κ1) is 23.1. The van der Waals surface area contributed by atoms with E-state index in [4.69, 9.17) is 23.2 Å². The SMILES string of the molecule is Cc1ccc(S(=O)(=O)N(CC(=O)NCc2ccc(Cl)cc2)c2cccc(Cl)c2C)cc1. The minimum atomic E-state index is -4.00. The molecule has 0 aromatic heterocycles. The Morgan fingerprint density at radius 1 is 0.935 bits per heavy atom. The number of aryl methyl sites for hydroxylation is 1. The monoisotopic (exact) mass is 476 g/mol. The van der Waals surface area contributed by atoms with E-state index in [2.05, 4.69) is 5.32 Å². The number of nitrogens with one attached hydrogen (secondary N) is 1. The first-order valence-electron chi connectivity index (χ1n) is 9.54. The number of anilines is 1. The number of benzene rings is 3. The predicted molar refractivity (Wildman–Crippen MR) is 125 cm³/mol. The molecule has 3 rings (SSSR count). The van der Waals surface area contributed by atoms with Gasteiger partial charge in [-0.2, -0.15) is 0 Å². The lowest BCUT2D eigenvalue weighted by atomic mass is 10.2. The number of sulfonamides is 1. The zero-order chi connectivity index (χ0) is 22.6. The third kappa shape index (κ3) is 5.58. The number of halogens is 2. The van der Waals surface area contributed by atoms with Crippen molar-refractivity contribution in [2.45, 2.75) is 25.3 Å². The van der Waals surface area contributed by atoms with Crippen LogP contribution in [0.25, 0.3) is 0 Å². The normalized spacial score (nSPS) is 11.2. The van der Waals surface area contributed by atoms with Crippen LogP contribution in [0.2, 0.25) is 10.0 Å². The van der Waals surface area contributed by atoms with Gasteiger partial charge in [0.05, 0.1) is 10.6 Å². The van der Waals surface area contributed by atoms with Crippen LogP contribution in [0, 0.1) is 13.8 Å². The molecule has 3 aromatic rings. The molecule has 0 aliphatic heterocycles. The van der Waals surface area contributed by atoms with E-state index in [1.807, 2.05) is 6.92 Å². The van der Waals surface area contributed by atoms with Crippen molar-refractivity contribution in [1.29, 1.82) is 0 Å². The molecule has 5 nitrogen and oxygen atoms in total. The van der Waals surface area contributed by atoms with Gasteiger partial charge in [-0.05, 0) is 61.4 Å². The molecule has 0 aliphatic rings. The second-order valence-electron chi connectivity index (χ2n) is 7.11. The highest BCUT2D eigenvalue weighted by atomic mass is 35.5. The van der Waals surface area contributed by atoms with Gasteiger partial charge in [-0.25, -0.2) is 8.42 Å². The maximum Gasteiger partial charge on any atom is 0.264 e. The Bertz CT molecular complexity index is 1180. The lowest BCUT2D eigenvalue weighted by molar-refractivity contribution is -0.119. The van der Waals surface area contributed by atoms with Crippen LogP contribution >= 0.6 is 23.2 Å². The third-order valence-electron chi connectivity index (χ3n) is 4.81. The molecule has 0 unspecified atom stereocenters. The van der Waals surface area contributed by atoms with Crippen LogP contribution < -0.4 is 9.62 Å². The number of rotatable bonds is 7. The molecule has 3 aromatic carbocycles. The summed E-state index contributed by atoms with van der Waals surface area (Å²) in [6, 6.07) is 18.5. The van der Waals surface area contributed by atoms with E-state index in [9.17, 15) is 13.2 Å². The molecule has 8 heteroatoms. The van der Waals surface area contributed by atoms with E-state index in [1.165, 1.54) is 12.1 Å². The van der Waals surface area contributed by atoms with Gasteiger partial charge in [-0.3, -0.25) is 9.10 Å². The summed E-state index contributed by atoms with van der Waals surface area (Å²) < 4.78 is 28.0. The second kappa shape index (κ2) is 9.73. The van der Waals surface area contributed by atoms with Crippen LogP contribution in [-0.2, 0) is 21.4 Å². The Kier molecular flexibility index (Phi) is 7.26. The molecule has 0 saturated carbocycles. The Labute approximate surface area is 192 Å².